The summed E-state index contributed by atoms with van der Waals surface area (Å²) in [7, 11) is -3.84. The van der Waals surface area contributed by atoms with Crippen molar-refractivity contribution in [3.63, 3.8) is 0 Å². The Morgan fingerprint density at radius 1 is 0.967 bits per heavy atom. The number of amides is 1. The van der Waals surface area contributed by atoms with Crippen molar-refractivity contribution in [2.75, 3.05) is 10.0 Å². The van der Waals surface area contributed by atoms with E-state index >= 15 is 0 Å². The summed E-state index contributed by atoms with van der Waals surface area (Å²) in [5.41, 5.74) is 2.69. The zero-order chi connectivity index (χ0) is 21.7. The van der Waals surface area contributed by atoms with E-state index in [2.05, 4.69) is 25.3 Å². The largest absolute Gasteiger partial charge is 0.332 e. The van der Waals surface area contributed by atoms with E-state index in [0.717, 1.165) is 5.56 Å². The van der Waals surface area contributed by atoms with Gasteiger partial charge in [-0.2, -0.15) is 0 Å². The first-order valence-electron chi connectivity index (χ1n) is 8.84. The molecule has 1 aromatic heterocycles. The zero-order valence-electron chi connectivity index (χ0n) is 16.2. The van der Waals surface area contributed by atoms with Crippen molar-refractivity contribution in [3.05, 3.63) is 77.6 Å². The third kappa shape index (κ3) is 5.58. The molecule has 3 aromatic rings. The van der Waals surface area contributed by atoms with Gasteiger partial charge in [-0.15, -0.1) is 0 Å². The second-order valence-electron chi connectivity index (χ2n) is 6.43. The Hall–Kier alpha value is -3.37. The summed E-state index contributed by atoms with van der Waals surface area (Å²) in [5, 5.41) is 5.53. The first kappa shape index (κ1) is 21.3. The molecule has 0 spiro atoms. The van der Waals surface area contributed by atoms with Crippen molar-refractivity contribution in [1.29, 1.82) is 0 Å². The summed E-state index contributed by atoms with van der Waals surface area (Å²) in [4.78, 5) is 20.2. The number of anilines is 2. The quantitative estimate of drug-likeness (QED) is 0.522. The number of nitrogens with one attached hydrogen (secondary N) is 3. The van der Waals surface area contributed by atoms with Crippen molar-refractivity contribution in [2.45, 2.75) is 18.7 Å². The number of carbonyl (C=O) groups excluding carboxylic acids is 1. The minimum absolute atomic E-state index is 0.00259. The lowest BCUT2D eigenvalue weighted by Gasteiger charge is -2.11. The van der Waals surface area contributed by atoms with Crippen molar-refractivity contribution in [2.24, 2.45) is 0 Å². The number of rotatable bonds is 5. The minimum Gasteiger partial charge on any atom is -0.332 e. The van der Waals surface area contributed by atoms with Gasteiger partial charge in [-0.3, -0.25) is 10.1 Å². The Balaban J connectivity index is 1.62. The molecule has 0 aliphatic carbocycles. The maximum Gasteiger partial charge on any atom is 0.264 e. The van der Waals surface area contributed by atoms with Gasteiger partial charge in [0.15, 0.2) is 5.11 Å². The molecule has 3 rings (SSSR count). The third-order valence-electron chi connectivity index (χ3n) is 3.98. The Morgan fingerprint density at radius 2 is 1.63 bits per heavy atom. The van der Waals surface area contributed by atoms with Gasteiger partial charge in [-0.25, -0.2) is 23.1 Å². The van der Waals surface area contributed by atoms with Crippen LogP contribution < -0.4 is 15.4 Å². The Labute approximate surface area is 179 Å². The maximum absolute atomic E-state index is 12.5. The molecule has 0 unspecified atom stereocenters. The van der Waals surface area contributed by atoms with Gasteiger partial charge in [0.05, 0.1) is 4.90 Å². The van der Waals surface area contributed by atoms with Crippen LogP contribution >= 0.6 is 12.2 Å². The molecule has 154 valence electrons. The molecule has 0 atom stereocenters. The first-order valence-corrected chi connectivity index (χ1v) is 10.7. The lowest BCUT2D eigenvalue weighted by molar-refractivity contribution is 0.0977. The van der Waals surface area contributed by atoms with Crippen LogP contribution in [0.4, 0.5) is 11.6 Å². The highest BCUT2D eigenvalue weighted by molar-refractivity contribution is 7.92. The van der Waals surface area contributed by atoms with Gasteiger partial charge < -0.3 is 5.32 Å². The maximum atomic E-state index is 12.5. The van der Waals surface area contributed by atoms with Crippen LogP contribution in [0.3, 0.4) is 0 Å². The van der Waals surface area contributed by atoms with E-state index in [0.29, 0.717) is 16.9 Å². The van der Waals surface area contributed by atoms with Gasteiger partial charge in [0.1, 0.15) is 0 Å². The Kier molecular flexibility index (Phi) is 6.38. The molecule has 3 N–H and O–H groups in total. The standard InChI is InChI=1S/C20H19N5O3S2/c1-13-3-5-15(6-4-13)18(26)24-20(29)23-16-7-9-17(10-8-16)30(27,28)25-19-21-12-11-14(2)22-19/h3-12H,1-2H3,(H,21,22,25)(H2,23,24,26,29). The molecule has 0 saturated carbocycles. The molecule has 0 radical (unpaired) electrons. The fourth-order valence-corrected chi connectivity index (χ4v) is 3.60. The number of hydrogen-bond donors (Lipinski definition) is 3. The minimum atomic E-state index is -3.84. The van der Waals surface area contributed by atoms with E-state index in [1.807, 2.05) is 19.1 Å². The smallest absolute Gasteiger partial charge is 0.264 e. The average molecular weight is 442 g/mol. The normalized spacial score (nSPS) is 10.9. The highest BCUT2D eigenvalue weighted by Crippen LogP contribution is 2.16. The fraction of sp³-hybridized carbons (Fsp3) is 0.100. The highest BCUT2D eigenvalue weighted by atomic mass is 32.2. The first-order chi connectivity index (χ1) is 14.2. The number of aryl methyl sites for hydroxylation is 2. The number of hydrogen-bond acceptors (Lipinski definition) is 6. The predicted molar refractivity (Wildman–Crippen MR) is 119 cm³/mol. The number of sulfonamides is 1. The molecule has 30 heavy (non-hydrogen) atoms. The molecule has 0 aliphatic rings. The molecule has 2 aromatic carbocycles. The number of aromatic nitrogens is 2. The van der Waals surface area contributed by atoms with Gasteiger partial charge in [-0.05, 0) is 68.5 Å². The SMILES string of the molecule is Cc1ccc(C(=O)NC(=S)Nc2ccc(S(=O)(=O)Nc3nccc(C)n3)cc2)cc1. The monoisotopic (exact) mass is 441 g/mol. The molecule has 1 heterocycles. The van der Waals surface area contributed by atoms with Crippen LogP contribution in [0, 0.1) is 13.8 Å². The van der Waals surface area contributed by atoms with Crippen LogP contribution in [0.5, 0.6) is 0 Å². The summed E-state index contributed by atoms with van der Waals surface area (Å²) in [6, 6.07) is 14.6. The zero-order valence-corrected chi connectivity index (χ0v) is 17.8. The van der Waals surface area contributed by atoms with E-state index in [-0.39, 0.29) is 21.9 Å². The second-order valence-corrected chi connectivity index (χ2v) is 8.52. The van der Waals surface area contributed by atoms with E-state index < -0.39 is 10.0 Å². The highest BCUT2D eigenvalue weighted by Gasteiger charge is 2.16. The molecule has 0 fully saturated rings. The molecular weight excluding hydrogens is 422 g/mol. The van der Waals surface area contributed by atoms with Gasteiger partial charge in [0.25, 0.3) is 15.9 Å². The molecule has 0 aliphatic heterocycles. The number of carbonyl (C=O) groups is 1. The van der Waals surface area contributed by atoms with E-state index in [1.54, 1.807) is 25.1 Å². The molecule has 0 bridgehead atoms. The van der Waals surface area contributed by atoms with Gasteiger partial charge in [0.2, 0.25) is 5.95 Å². The molecule has 1 amide bonds. The van der Waals surface area contributed by atoms with Crippen molar-refractivity contribution < 1.29 is 13.2 Å². The number of thiocarbonyl (C=S) groups is 1. The van der Waals surface area contributed by atoms with Crippen LogP contribution in [-0.2, 0) is 10.0 Å². The average Bonchev–Trinajstić information content (AvgIpc) is 2.68. The van der Waals surface area contributed by atoms with Gasteiger partial charge in [0, 0.05) is 23.1 Å². The van der Waals surface area contributed by atoms with E-state index in [1.165, 1.54) is 30.5 Å². The van der Waals surface area contributed by atoms with Gasteiger partial charge in [-0.1, -0.05) is 17.7 Å². The summed E-state index contributed by atoms with van der Waals surface area (Å²) in [5.74, 6) is -0.341. The topological polar surface area (TPSA) is 113 Å². The molecule has 8 nitrogen and oxygen atoms in total. The van der Waals surface area contributed by atoms with Crippen LogP contribution in [-0.4, -0.2) is 29.4 Å². The molecular formula is C20H19N5O3S2. The van der Waals surface area contributed by atoms with Crippen LogP contribution in [0.25, 0.3) is 0 Å². The van der Waals surface area contributed by atoms with E-state index in [9.17, 15) is 13.2 Å². The van der Waals surface area contributed by atoms with Crippen LogP contribution in [0.15, 0.2) is 65.7 Å². The van der Waals surface area contributed by atoms with Crippen LogP contribution in [0.2, 0.25) is 0 Å². The number of benzene rings is 2. The van der Waals surface area contributed by atoms with Crippen molar-refractivity contribution in [1.82, 2.24) is 15.3 Å². The van der Waals surface area contributed by atoms with Gasteiger partial charge >= 0.3 is 0 Å². The van der Waals surface area contributed by atoms with Crippen LogP contribution in [0.1, 0.15) is 21.6 Å². The van der Waals surface area contributed by atoms with Crippen molar-refractivity contribution in [3.8, 4) is 0 Å². The fourth-order valence-electron chi connectivity index (χ4n) is 2.44. The lowest BCUT2D eigenvalue weighted by Crippen LogP contribution is -2.34. The Bertz CT molecular complexity index is 1180. The third-order valence-corrected chi connectivity index (χ3v) is 5.53. The summed E-state index contributed by atoms with van der Waals surface area (Å²) in [6.07, 6.45) is 1.47. The second kappa shape index (κ2) is 8.97. The lowest BCUT2D eigenvalue weighted by atomic mass is 10.1. The summed E-state index contributed by atoms with van der Waals surface area (Å²) < 4.78 is 27.3. The predicted octanol–water partition coefficient (Wildman–Crippen LogP) is 3.02. The van der Waals surface area contributed by atoms with E-state index in [4.69, 9.17) is 12.2 Å². The number of nitrogens with zero attached hydrogens (tertiary/aromatic N) is 2. The van der Waals surface area contributed by atoms with Crippen molar-refractivity contribution >= 4 is 44.9 Å². The summed E-state index contributed by atoms with van der Waals surface area (Å²) >= 11 is 5.15. The molecule has 0 saturated heterocycles. The Morgan fingerprint density at radius 3 is 2.27 bits per heavy atom. The summed E-state index contributed by atoms with van der Waals surface area (Å²) in [6.45, 7) is 3.67. The molecule has 10 heteroatoms.